The van der Waals surface area contributed by atoms with Gasteiger partial charge in [0.1, 0.15) is 15.7 Å². The summed E-state index contributed by atoms with van der Waals surface area (Å²) in [6.45, 7) is 8.22. The Morgan fingerprint density at radius 3 is 2.56 bits per heavy atom. The van der Waals surface area contributed by atoms with Crippen molar-refractivity contribution in [2.75, 3.05) is 13.1 Å². The zero-order valence-corrected chi connectivity index (χ0v) is 12.4. The molecule has 0 amide bonds. The zero-order chi connectivity index (χ0) is 13.4. The molecule has 2 heterocycles. The summed E-state index contributed by atoms with van der Waals surface area (Å²) in [5.74, 6) is 4.83. The number of imidazole rings is 1. The summed E-state index contributed by atoms with van der Waals surface area (Å²) in [7, 11) is -2.41. The summed E-state index contributed by atoms with van der Waals surface area (Å²) in [4.78, 5) is 4.36. The van der Waals surface area contributed by atoms with Crippen molar-refractivity contribution in [3.8, 4) is 0 Å². The summed E-state index contributed by atoms with van der Waals surface area (Å²) in [5, 5.41) is 0. The molecule has 1 aromatic heterocycles. The first-order valence-electron chi connectivity index (χ1n) is 6.46. The highest BCUT2D eigenvalue weighted by atomic mass is 32.2. The Labute approximate surface area is 110 Å². The first-order valence-corrected chi connectivity index (χ1v) is 8.10. The summed E-state index contributed by atoms with van der Waals surface area (Å²) in [6, 6.07) is 0. The molecule has 1 fully saturated rings. The van der Waals surface area contributed by atoms with E-state index in [1.807, 2.05) is 4.31 Å². The van der Waals surface area contributed by atoms with Crippen LogP contribution in [0.5, 0.6) is 0 Å². The fraction of sp³-hybridized carbons (Fsp3) is 0.692. The molecule has 0 bridgehead atoms. The molecule has 2 rings (SSSR count). The Morgan fingerprint density at radius 1 is 1.39 bits per heavy atom. The molecular formula is C13H23N3OS. The topological polar surface area (TPSA) is 38.1 Å². The molecule has 0 aliphatic carbocycles. The van der Waals surface area contributed by atoms with Gasteiger partial charge >= 0.3 is 0 Å². The van der Waals surface area contributed by atoms with Crippen molar-refractivity contribution < 1.29 is 4.21 Å². The largest absolute Gasteiger partial charge is 0.249 e. The van der Waals surface area contributed by atoms with Crippen LogP contribution >= 0.6 is 0 Å². The van der Waals surface area contributed by atoms with Gasteiger partial charge in [-0.05, 0) is 24.1 Å². The smallest absolute Gasteiger partial charge is 0.121 e. The van der Waals surface area contributed by atoms with Crippen LogP contribution in [-0.4, -0.2) is 36.4 Å². The van der Waals surface area contributed by atoms with Crippen LogP contribution in [0, 0.1) is 5.41 Å². The second-order valence-electron chi connectivity index (χ2n) is 6.15. The van der Waals surface area contributed by atoms with Gasteiger partial charge in [0, 0.05) is 31.9 Å². The number of hydrogen-bond acceptors (Lipinski definition) is 2. The zero-order valence-electron chi connectivity index (χ0n) is 11.6. The normalized spacial score (nSPS) is 21.1. The Kier molecular flexibility index (Phi) is 3.56. The molecule has 0 radical (unpaired) electrons. The Hall–Kier alpha value is -0.810. The van der Waals surface area contributed by atoms with Crippen molar-refractivity contribution in [3.05, 3.63) is 18.2 Å². The van der Waals surface area contributed by atoms with E-state index in [1.54, 1.807) is 16.4 Å². The van der Waals surface area contributed by atoms with Crippen molar-refractivity contribution in [1.29, 1.82) is 0 Å². The van der Waals surface area contributed by atoms with E-state index in [9.17, 15) is 4.21 Å². The summed E-state index contributed by atoms with van der Waals surface area (Å²) in [5.41, 5.74) is 0.129. The first kappa shape index (κ1) is 13.6. The molecule has 0 spiro atoms. The highest BCUT2D eigenvalue weighted by molar-refractivity contribution is 7.96. The predicted molar refractivity (Wildman–Crippen MR) is 76.9 cm³/mol. The molecule has 1 atom stereocenters. The van der Waals surface area contributed by atoms with Gasteiger partial charge < -0.3 is 0 Å². The molecular weight excluding hydrogens is 246 g/mol. The molecule has 1 aliphatic heterocycles. The van der Waals surface area contributed by atoms with Gasteiger partial charge in [-0.2, -0.15) is 0 Å². The lowest BCUT2D eigenvalue weighted by Gasteiger charge is -2.25. The first-order chi connectivity index (χ1) is 8.31. The summed E-state index contributed by atoms with van der Waals surface area (Å²) >= 11 is 0. The monoisotopic (exact) mass is 269 g/mol. The van der Waals surface area contributed by atoms with E-state index in [1.165, 1.54) is 0 Å². The lowest BCUT2D eigenvalue weighted by atomic mass is 9.92. The lowest BCUT2D eigenvalue weighted by molar-refractivity contribution is 0.399. The molecule has 18 heavy (non-hydrogen) atoms. The third-order valence-corrected chi connectivity index (χ3v) is 5.26. The number of aromatic nitrogens is 2. The SMILES string of the molecule is C=S(=O)(N1CCCC1)n1ccnc1CC(C)(C)C. The van der Waals surface area contributed by atoms with Crippen molar-refractivity contribution in [1.82, 2.24) is 13.3 Å². The van der Waals surface area contributed by atoms with E-state index < -0.39 is 9.89 Å². The Bertz CT molecular complexity index is 505. The molecule has 102 valence electrons. The van der Waals surface area contributed by atoms with Gasteiger partial charge in [-0.1, -0.05) is 20.8 Å². The lowest BCUT2D eigenvalue weighted by Crippen LogP contribution is -2.34. The minimum Gasteiger partial charge on any atom is -0.249 e. The quantitative estimate of drug-likeness (QED) is 0.787. The van der Waals surface area contributed by atoms with Crippen molar-refractivity contribution in [2.24, 2.45) is 5.41 Å². The fourth-order valence-corrected chi connectivity index (χ4v) is 4.04. The molecule has 1 aromatic rings. The predicted octanol–water partition coefficient (Wildman–Crippen LogP) is 1.96. The van der Waals surface area contributed by atoms with Crippen LogP contribution in [0.3, 0.4) is 0 Å². The Morgan fingerprint density at radius 2 is 2.00 bits per heavy atom. The van der Waals surface area contributed by atoms with Crippen LogP contribution in [0.4, 0.5) is 0 Å². The van der Waals surface area contributed by atoms with Crippen molar-refractivity contribution >= 4 is 15.8 Å². The van der Waals surface area contributed by atoms with Crippen LogP contribution in [0.25, 0.3) is 0 Å². The molecule has 0 saturated carbocycles. The second-order valence-corrected chi connectivity index (χ2v) is 8.27. The maximum Gasteiger partial charge on any atom is 0.121 e. The Balaban J connectivity index is 2.31. The highest BCUT2D eigenvalue weighted by Crippen LogP contribution is 2.22. The van der Waals surface area contributed by atoms with E-state index in [4.69, 9.17) is 0 Å². The van der Waals surface area contributed by atoms with E-state index >= 15 is 0 Å². The fourth-order valence-electron chi connectivity index (χ4n) is 2.28. The molecule has 1 unspecified atom stereocenters. The maximum atomic E-state index is 12.9. The molecule has 0 N–H and O–H groups in total. The molecule has 0 aromatic carbocycles. The number of nitrogens with zero attached hydrogens (tertiary/aromatic N) is 3. The van der Waals surface area contributed by atoms with E-state index in [-0.39, 0.29) is 5.41 Å². The maximum absolute atomic E-state index is 12.9. The van der Waals surface area contributed by atoms with Crippen LogP contribution in [0.15, 0.2) is 12.4 Å². The molecule has 4 nitrogen and oxygen atoms in total. The molecule has 1 aliphatic rings. The van der Waals surface area contributed by atoms with Gasteiger partial charge in [0.25, 0.3) is 0 Å². The van der Waals surface area contributed by atoms with Crippen LogP contribution < -0.4 is 0 Å². The van der Waals surface area contributed by atoms with Crippen LogP contribution in [-0.2, 0) is 16.3 Å². The van der Waals surface area contributed by atoms with E-state index in [2.05, 4.69) is 31.6 Å². The average Bonchev–Trinajstić information content (AvgIpc) is 2.82. The number of rotatable bonds is 3. The summed E-state index contributed by atoms with van der Waals surface area (Å²) in [6.07, 6.45) is 6.54. The minimum atomic E-state index is -2.41. The van der Waals surface area contributed by atoms with E-state index in [0.717, 1.165) is 38.2 Å². The molecule has 5 heteroatoms. The van der Waals surface area contributed by atoms with Gasteiger partial charge in [-0.15, -0.1) is 0 Å². The third-order valence-electron chi connectivity index (χ3n) is 3.14. The van der Waals surface area contributed by atoms with Gasteiger partial charge in [-0.3, -0.25) is 0 Å². The van der Waals surface area contributed by atoms with Gasteiger partial charge in [0.2, 0.25) is 0 Å². The highest BCUT2D eigenvalue weighted by Gasteiger charge is 2.25. The summed E-state index contributed by atoms with van der Waals surface area (Å²) < 4.78 is 16.7. The number of hydrogen-bond donors (Lipinski definition) is 0. The van der Waals surface area contributed by atoms with Crippen molar-refractivity contribution in [2.45, 2.75) is 40.0 Å². The average molecular weight is 269 g/mol. The van der Waals surface area contributed by atoms with Crippen LogP contribution in [0.1, 0.15) is 39.4 Å². The standard InChI is InChI=1S/C13H23N3OS/c1-13(2,3)11-12-14-7-10-16(12)18(4,17)15-8-5-6-9-15/h7,10H,4-6,8-9,11H2,1-3H3. The van der Waals surface area contributed by atoms with Gasteiger partial charge in [0.15, 0.2) is 0 Å². The third kappa shape index (κ3) is 2.78. The minimum absolute atomic E-state index is 0.129. The van der Waals surface area contributed by atoms with Gasteiger partial charge in [0.05, 0.1) is 0 Å². The second kappa shape index (κ2) is 4.70. The van der Waals surface area contributed by atoms with Crippen LogP contribution in [0.2, 0.25) is 0 Å². The van der Waals surface area contributed by atoms with Crippen molar-refractivity contribution in [3.63, 3.8) is 0 Å². The van der Waals surface area contributed by atoms with E-state index in [0.29, 0.717) is 0 Å². The molecule has 1 saturated heterocycles. The van der Waals surface area contributed by atoms with Gasteiger partial charge in [-0.25, -0.2) is 17.5 Å².